The van der Waals surface area contributed by atoms with E-state index in [1.807, 2.05) is 28.7 Å². The molecule has 1 heterocycles. The van der Waals surface area contributed by atoms with Crippen molar-refractivity contribution < 1.29 is 0 Å². The lowest BCUT2D eigenvalue weighted by Crippen LogP contribution is -2.21. The van der Waals surface area contributed by atoms with Gasteiger partial charge in [0.2, 0.25) is 0 Å². The van der Waals surface area contributed by atoms with Crippen LogP contribution in [0.15, 0.2) is 47.6 Å². The maximum Gasteiger partial charge on any atom is 0.0522 e. The van der Waals surface area contributed by atoms with Crippen molar-refractivity contribution in [1.82, 2.24) is 9.78 Å². The predicted molar refractivity (Wildman–Crippen MR) is 81.4 cm³/mol. The first kappa shape index (κ1) is 14.2. The Kier molecular flexibility index (Phi) is 5.48. The number of aryl methyl sites for hydroxylation is 1. The van der Waals surface area contributed by atoms with Crippen molar-refractivity contribution in [3.63, 3.8) is 0 Å². The largest absolute Gasteiger partial charge is 0.327 e. The summed E-state index contributed by atoms with van der Waals surface area (Å²) in [5, 5.41) is 4.38. The molecule has 2 aromatic rings. The average molecular weight is 275 g/mol. The molecule has 1 aromatic heterocycles. The highest BCUT2D eigenvalue weighted by Gasteiger charge is 2.04. The van der Waals surface area contributed by atoms with Gasteiger partial charge in [0.15, 0.2) is 0 Å². The van der Waals surface area contributed by atoms with Gasteiger partial charge in [-0.15, -0.1) is 11.8 Å². The van der Waals surface area contributed by atoms with Crippen LogP contribution in [0.3, 0.4) is 0 Å². The van der Waals surface area contributed by atoms with Crippen LogP contribution in [0.1, 0.15) is 18.9 Å². The number of rotatable bonds is 7. The number of nitrogens with two attached hydrogens (primary N) is 1. The van der Waals surface area contributed by atoms with Crippen LogP contribution in [-0.2, 0) is 13.0 Å². The quantitative estimate of drug-likeness (QED) is 0.790. The molecule has 0 saturated heterocycles. The number of hydrogen-bond acceptors (Lipinski definition) is 3. The summed E-state index contributed by atoms with van der Waals surface area (Å²) in [6.45, 7) is 3.05. The van der Waals surface area contributed by atoms with Gasteiger partial charge < -0.3 is 5.73 Å². The van der Waals surface area contributed by atoms with Gasteiger partial charge >= 0.3 is 0 Å². The van der Waals surface area contributed by atoms with E-state index in [1.165, 1.54) is 10.5 Å². The molecule has 0 amide bonds. The molecule has 0 aliphatic heterocycles. The van der Waals surface area contributed by atoms with Gasteiger partial charge in [-0.2, -0.15) is 5.10 Å². The zero-order valence-electron chi connectivity index (χ0n) is 11.3. The summed E-state index contributed by atoms with van der Waals surface area (Å²) < 4.78 is 2.01. The van der Waals surface area contributed by atoms with Gasteiger partial charge in [0.05, 0.1) is 12.7 Å². The number of hydrogen-bond donors (Lipinski definition) is 1. The summed E-state index contributed by atoms with van der Waals surface area (Å²) in [5.41, 5.74) is 7.18. The number of benzene rings is 1. The molecule has 0 bridgehead atoms. The van der Waals surface area contributed by atoms with Crippen molar-refractivity contribution in [2.45, 2.75) is 37.2 Å². The third kappa shape index (κ3) is 4.73. The third-order valence-corrected chi connectivity index (χ3v) is 4.03. The molecule has 0 aliphatic carbocycles. The lowest BCUT2D eigenvalue weighted by molar-refractivity contribution is 0.642. The summed E-state index contributed by atoms with van der Waals surface area (Å²) in [7, 11) is 0. The van der Waals surface area contributed by atoms with E-state index in [2.05, 4.69) is 42.5 Å². The molecule has 2 N–H and O–H groups in total. The summed E-state index contributed by atoms with van der Waals surface area (Å²) >= 11 is 1.86. The van der Waals surface area contributed by atoms with E-state index in [0.717, 1.165) is 25.1 Å². The maximum absolute atomic E-state index is 5.95. The smallest absolute Gasteiger partial charge is 0.0522 e. The zero-order chi connectivity index (χ0) is 13.5. The molecular weight excluding hydrogens is 254 g/mol. The number of aromatic nitrogens is 2. The second-order valence-electron chi connectivity index (χ2n) is 4.65. The van der Waals surface area contributed by atoms with Gasteiger partial charge in [-0.25, -0.2) is 0 Å². The van der Waals surface area contributed by atoms with Crippen LogP contribution in [0.5, 0.6) is 0 Å². The van der Waals surface area contributed by atoms with Crippen molar-refractivity contribution in [3.8, 4) is 0 Å². The van der Waals surface area contributed by atoms with E-state index in [4.69, 9.17) is 5.73 Å². The van der Waals surface area contributed by atoms with Gasteiger partial charge in [0.1, 0.15) is 0 Å². The minimum Gasteiger partial charge on any atom is -0.327 e. The summed E-state index contributed by atoms with van der Waals surface area (Å²) in [6, 6.07) is 10.7. The first-order valence-corrected chi connectivity index (χ1v) is 7.71. The van der Waals surface area contributed by atoms with Crippen molar-refractivity contribution >= 4 is 11.8 Å². The standard InChI is InChI=1S/C15H21N3S/c1-2-14(16)10-13-11-17-18(12-13)8-9-19-15-6-4-3-5-7-15/h3-7,11-12,14H,2,8-10,16H2,1H3. The molecule has 2 rings (SSSR count). The van der Waals surface area contributed by atoms with E-state index in [9.17, 15) is 0 Å². The van der Waals surface area contributed by atoms with Crippen LogP contribution in [0.2, 0.25) is 0 Å². The fraction of sp³-hybridized carbons (Fsp3) is 0.400. The fourth-order valence-corrected chi connectivity index (χ4v) is 2.72. The van der Waals surface area contributed by atoms with E-state index < -0.39 is 0 Å². The molecule has 102 valence electrons. The second-order valence-corrected chi connectivity index (χ2v) is 5.81. The van der Waals surface area contributed by atoms with Crippen LogP contribution in [0, 0.1) is 0 Å². The molecular formula is C15H21N3S. The monoisotopic (exact) mass is 275 g/mol. The van der Waals surface area contributed by atoms with Crippen LogP contribution in [0.25, 0.3) is 0 Å². The van der Waals surface area contributed by atoms with E-state index >= 15 is 0 Å². The molecule has 0 radical (unpaired) electrons. The average Bonchev–Trinajstić information content (AvgIpc) is 2.87. The number of thioether (sulfide) groups is 1. The van der Waals surface area contributed by atoms with Gasteiger partial charge in [-0.3, -0.25) is 4.68 Å². The highest BCUT2D eigenvalue weighted by atomic mass is 32.2. The van der Waals surface area contributed by atoms with Crippen molar-refractivity contribution in [3.05, 3.63) is 48.3 Å². The summed E-state index contributed by atoms with van der Waals surface area (Å²) in [5.74, 6) is 1.03. The molecule has 19 heavy (non-hydrogen) atoms. The molecule has 4 heteroatoms. The fourth-order valence-electron chi connectivity index (χ4n) is 1.85. The first-order chi connectivity index (χ1) is 9.28. The zero-order valence-corrected chi connectivity index (χ0v) is 12.1. The van der Waals surface area contributed by atoms with Crippen LogP contribution in [-0.4, -0.2) is 21.6 Å². The second kappa shape index (κ2) is 7.36. The Morgan fingerprint density at radius 2 is 2.11 bits per heavy atom. The van der Waals surface area contributed by atoms with Gasteiger partial charge in [0, 0.05) is 22.9 Å². The Morgan fingerprint density at radius 1 is 1.32 bits per heavy atom. The van der Waals surface area contributed by atoms with E-state index in [1.54, 1.807) is 0 Å². The molecule has 1 aromatic carbocycles. The van der Waals surface area contributed by atoms with Crippen molar-refractivity contribution in [2.75, 3.05) is 5.75 Å². The number of nitrogens with zero attached hydrogens (tertiary/aromatic N) is 2. The van der Waals surface area contributed by atoms with Crippen LogP contribution < -0.4 is 5.73 Å². The Hall–Kier alpha value is -1.26. The topological polar surface area (TPSA) is 43.8 Å². The Morgan fingerprint density at radius 3 is 2.84 bits per heavy atom. The predicted octanol–water partition coefficient (Wildman–Crippen LogP) is 2.96. The molecule has 0 spiro atoms. The minimum atomic E-state index is 0.247. The molecule has 3 nitrogen and oxygen atoms in total. The normalized spacial score (nSPS) is 12.5. The van der Waals surface area contributed by atoms with E-state index in [-0.39, 0.29) is 6.04 Å². The van der Waals surface area contributed by atoms with E-state index in [0.29, 0.717) is 0 Å². The lowest BCUT2D eigenvalue weighted by Gasteiger charge is -2.05. The van der Waals surface area contributed by atoms with Gasteiger partial charge in [-0.1, -0.05) is 25.1 Å². The Labute approximate surface area is 119 Å². The van der Waals surface area contributed by atoms with Crippen molar-refractivity contribution in [2.24, 2.45) is 5.73 Å². The molecule has 1 atom stereocenters. The molecule has 0 fully saturated rings. The van der Waals surface area contributed by atoms with Gasteiger partial charge in [-0.05, 0) is 30.5 Å². The summed E-state index contributed by atoms with van der Waals surface area (Å²) in [6.07, 6.45) is 5.97. The van der Waals surface area contributed by atoms with Crippen LogP contribution >= 0.6 is 11.8 Å². The maximum atomic E-state index is 5.95. The summed E-state index contributed by atoms with van der Waals surface area (Å²) in [4.78, 5) is 1.31. The molecule has 0 aliphatic rings. The Bertz CT molecular complexity index is 481. The van der Waals surface area contributed by atoms with Crippen LogP contribution in [0.4, 0.5) is 0 Å². The minimum absolute atomic E-state index is 0.247. The Balaban J connectivity index is 1.77. The molecule has 1 unspecified atom stereocenters. The van der Waals surface area contributed by atoms with Crippen molar-refractivity contribution in [1.29, 1.82) is 0 Å². The molecule has 0 saturated carbocycles. The third-order valence-electron chi connectivity index (χ3n) is 3.04. The lowest BCUT2D eigenvalue weighted by atomic mass is 10.1. The van der Waals surface area contributed by atoms with Gasteiger partial charge in [0.25, 0.3) is 0 Å². The first-order valence-electron chi connectivity index (χ1n) is 6.72. The SMILES string of the molecule is CCC(N)Cc1cnn(CCSc2ccccc2)c1. The highest BCUT2D eigenvalue weighted by Crippen LogP contribution is 2.17. The highest BCUT2D eigenvalue weighted by molar-refractivity contribution is 7.99.